The van der Waals surface area contributed by atoms with Crippen LogP contribution in [0, 0.1) is 0 Å². The summed E-state index contributed by atoms with van der Waals surface area (Å²) in [7, 11) is 4.67. The smallest absolute Gasteiger partial charge is 0.327 e. The van der Waals surface area contributed by atoms with E-state index in [1.807, 2.05) is 18.2 Å². The number of rotatable bonds is 8. The molecule has 5 rings (SSSR count). The lowest BCUT2D eigenvalue weighted by atomic mass is 10.0. The highest BCUT2D eigenvalue weighted by atomic mass is 16.5. The summed E-state index contributed by atoms with van der Waals surface area (Å²) in [6, 6.07) is 10.3. The number of likely N-dealkylation sites (tertiary alicyclic amines) is 1. The van der Waals surface area contributed by atoms with Crippen LogP contribution in [0.15, 0.2) is 58.4 Å². The highest BCUT2D eigenvalue weighted by Gasteiger charge is 2.27. The number of anilines is 1. The largest absolute Gasteiger partial charge is 0.493 e. The number of para-hydroxylation sites is 1. The molecule has 0 atom stereocenters. The van der Waals surface area contributed by atoms with Gasteiger partial charge >= 0.3 is 11.7 Å². The number of ether oxygens (including phenoxy) is 3. The summed E-state index contributed by atoms with van der Waals surface area (Å²) < 4.78 is 19.5. The third-order valence-corrected chi connectivity index (χ3v) is 7.18. The van der Waals surface area contributed by atoms with Gasteiger partial charge in [-0.3, -0.25) is 14.3 Å². The maximum atomic E-state index is 13.3. The lowest BCUT2D eigenvalue weighted by molar-refractivity contribution is 0.183. The van der Waals surface area contributed by atoms with Gasteiger partial charge in [0.05, 0.1) is 26.3 Å². The minimum absolute atomic E-state index is 0.0652. The average molecular weight is 549 g/mol. The van der Waals surface area contributed by atoms with Crippen LogP contribution in [0.3, 0.4) is 0 Å². The standard InChI is InChI=1S/C28H32N6O6/c1-38-15-14-33-17-18(20-6-4-8-23(39-2)24(20)40-3)16-21(26(33)35)30-27(36)32-12-9-19(10-13-32)34-22-7-5-11-29-25(22)31-28(34)37/h4-8,11,16-17,19H,9-10,12-15H2,1-3H3,(H,30,36)(H,29,31,37). The molecule has 0 aliphatic carbocycles. The van der Waals surface area contributed by atoms with Crippen LogP contribution in [0.5, 0.6) is 11.5 Å². The van der Waals surface area contributed by atoms with Crippen molar-refractivity contribution >= 4 is 22.9 Å². The number of H-pyrrole nitrogens is 1. The van der Waals surface area contributed by atoms with Gasteiger partial charge in [-0.25, -0.2) is 14.6 Å². The van der Waals surface area contributed by atoms with E-state index in [-0.39, 0.29) is 29.0 Å². The molecular formula is C28H32N6O6. The van der Waals surface area contributed by atoms with Crippen molar-refractivity contribution in [1.29, 1.82) is 0 Å². The van der Waals surface area contributed by atoms with E-state index >= 15 is 0 Å². The number of fused-ring (bicyclic) bond motifs is 1. The Bertz CT molecular complexity index is 1630. The molecule has 0 bridgehead atoms. The van der Waals surface area contributed by atoms with Gasteiger partial charge in [0.1, 0.15) is 5.69 Å². The second kappa shape index (κ2) is 11.7. The third-order valence-electron chi connectivity index (χ3n) is 7.18. The van der Waals surface area contributed by atoms with Crippen molar-refractivity contribution in [2.75, 3.05) is 46.3 Å². The number of aromatic nitrogens is 4. The molecule has 1 aromatic carbocycles. The molecule has 1 aliphatic rings. The van der Waals surface area contributed by atoms with E-state index < -0.39 is 0 Å². The van der Waals surface area contributed by atoms with Crippen LogP contribution >= 0.6 is 0 Å². The number of methoxy groups -OCH3 is 3. The Morgan fingerprint density at radius 3 is 2.62 bits per heavy atom. The van der Waals surface area contributed by atoms with E-state index in [1.54, 1.807) is 61.4 Å². The van der Waals surface area contributed by atoms with E-state index in [0.717, 1.165) is 5.52 Å². The molecule has 1 fully saturated rings. The minimum Gasteiger partial charge on any atom is -0.493 e. The lowest BCUT2D eigenvalue weighted by Crippen LogP contribution is -2.43. The van der Waals surface area contributed by atoms with Gasteiger partial charge in [-0.1, -0.05) is 12.1 Å². The van der Waals surface area contributed by atoms with Gasteiger partial charge in [-0.2, -0.15) is 0 Å². The van der Waals surface area contributed by atoms with Gasteiger partial charge < -0.3 is 29.0 Å². The fraction of sp³-hybridized carbons (Fsp3) is 0.357. The van der Waals surface area contributed by atoms with Gasteiger partial charge in [0.15, 0.2) is 17.1 Å². The second-order valence-electron chi connectivity index (χ2n) is 9.49. The van der Waals surface area contributed by atoms with Crippen molar-refractivity contribution in [3.63, 3.8) is 0 Å². The molecule has 4 aromatic rings. The minimum atomic E-state index is -0.378. The Morgan fingerprint density at radius 1 is 1.10 bits per heavy atom. The molecule has 2 amide bonds. The Labute approximate surface area is 230 Å². The van der Waals surface area contributed by atoms with Gasteiger partial charge in [-0.15, -0.1) is 0 Å². The predicted molar refractivity (Wildman–Crippen MR) is 150 cm³/mol. The topological polar surface area (TPSA) is 133 Å². The number of hydrogen-bond donors (Lipinski definition) is 2. The highest BCUT2D eigenvalue weighted by molar-refractivity contribution is 5.90. The first-order valence-corrected chi connectivity index (χ1v) is 13.0. The van der Waals surface area contributed by atoms with Crippen molar-refractivity contribution in [3.8, 4) is 22.6 Å². The summed E-state index contributed by atoms with van der Waals surface area (Å²) in [6.45, 7) is 1.48. The Balaban J connectivity index is 1.38. The second-order valence-corrected chi connectivity index (χ2v) is 9.49. The first kappa shape index (κ1) is 27.0. The number of carbonyl (C=O) groups is 1. The summed E-state index contributed by atoms with van der Waals surface area (Å²) in [4.78, 5) is 47.9. The van der Waals surface area contributed by atoms with Gasteiger partial charge in [0.25, 0.3) is 5.56 Å². The molecule has 1 aliphatic heterocycles. The zero-order valence-corrected chi connectivity index (χ0v) is 22.7. The Morgan fingerprint density at radius 2 is 1.90 bits per heavy atom. The summed E-state index contributed by atoms with van der Waals surface area (Å²) in [5.41, 5.74) is 2.27. The first-order valence-electron chi connectivity index (χ1n) is 13.0. The molecule has 3 aromatic heterocycles. The van der Waals surface area contributed by atoms with Gasteiger partial charge in [-0.05, 0) is 37.1 Å². The van der Waals surface area contributed by atoms with Crippen LogP contribution in [0.4, 0.5) is 10.5 Å². The molecule has 0 unspecified atom stereocenters. The number of imidazole rings is 1. The van der Waals surface area contributed by atoms with Crippen LogP contribution in [-0.2, 0) is 11.3 Å². The summed E-state index contributed by atoms with van der Waals surface area (Å²) in [6.07, 6.45) is 4.54. The molecule has 4 heterocycles. The summed E-state index contributed by atoms with van der Waals surface area (Å²) in [5.74, 6) is 1.07. The zero-order chi connectivity index (χ0) is 28.2. The quantitative estimate of drug-likeness (QED) is 0.346. The average Bonchev–Trinajstić information content (AvgIpc) is 3.32. The van der Waals surface area contributed by atoms with E-state index in [1.165, 1.54) is 4.57 Å². The number of nitrogens with one attached hydrogen (secondary N) is 2. The van der Waals surface area contributed by atoms with Crippen molar-refractivity contribution in [3.05, 3.63) is 69.6 Å². The molecule has 210 valence electrons. The number of pyridine rings is 2. The molecule has 12 nitrogen and oxygen atoms in total. The molecule has 1 saturated heterocycles. The molecule has 0 spiro atoms. The maximum Gasteiger partial charge on any atom is 0.327 e. The predicted octanol–water partition coefficient (Wildman–Crippen LogP) is 3.09. The molecular weight excluding hydrogens is 516 g/mol. The summed E-state index contributed by atoms with van der Waals surface area (Å²) in [5, 5.41) is 2.82. The monoisotopic (exact) mass is 548 g/mol. The van der Waals surface area contributed by atoms with Crippen LogP contribution in [0.2, 0.25) is 0 Å². The molecule has 0 radical (unpaired) electrons. The van der Waals surface area contributed by atoms with Crippen LogP contribution in [-0.4, -0.2) is 71.1 Å². The molecule has 0 saturated carbocycles. The molecule has 2 N–H and O–H groups in total. The first-order chi connectivity index (χ1) is 19.4. The number of aromatic amines is 1. The maximum absolute atomic E-state index is 13.3. The number of nitrogens with zero attached hydrogens (tertiary/aromatic N) is 4. The Hall–Kier alpha value is -4.58. The van der Waals surface area contributed by atoms with Gasteiger partial charge in [0.2, 0.25) is 0 Å². The molecule has 12 heteroatoms. The zero-order valence-electron chi connectivity index (χ0n) is 22.7. The number of amides is 2. The van der Waals surface area contributed by atoms with Crippen molar-refractivity contribution < 1.29 is 19.0 Å². The third kappa shape index (κ3) is 5.17. The highest BCUT2D eigenvalue weighted by Crippen LogP contribution is 2.38. The number of hydrogen-bond acceptors (Lipinski definition) is 7. The van der Waals surface area contributed by atoms with Crippen LogP contribution < -0.4 is 26.0 Å². The van der Waals surface area contributed by atoms with E-state index in [2.05, 4.69) is 15.3 Å². The van der Waals surface area contributed by atoms with E-state index in [4.69, 9.17) is 14.2 Å². The Kier molecular flexibility index (Phi) is 7.87. The van der Waals surface area contributed by atoms with Crippen molar-refractivity contribution in [2.24, 2.45) is 0 Å². The van der Waals surface area contributed by atoms with E-state index in [0.29, 0.717) is 67.4 Å². The van der Waals surface area contributed by atoms with Crippen molar-refractivity contribution in [2.45, 2.75) is 25.4 Å². The number of urea groups is 1. The number of benzene rings is 1. The number of carbonyl (C=O) groups excluding carboxylic acids is 1. The fourth-order valence-corrected chi connectivity index (χ4v) is 5.19. The van der Waals surface area contributed by atoms with E-state index in [9.17, 15) is 14.4 Å². The SMILES string of the molecule is COCCn1cc(-c2cccc(OC)c2OC)cc(NC(=O)N2CCC(n3c(=O)[nH]c4ncccc43)CC2)c1=O. The lowest BCUT2D eigenvalue weighted by Gasteiger charge is -2.32. The molecule has 40 heavy (non-hydrogen) atoms. The van der Waals surface area contributed by atoms with Crippen LogP contribution in [0.1, 0.15) is 18.9 Å². The normalized spacial score (nSPS) is 13.9. The van der Waals surface area contributed by atoms with Crippen molar-refractivity contribution in [1.82, 2.24) is 24.0 Å². The van der Waals surface area contributed by atoms with Gasteiger partial charge in [0, 0.05) is 56.3 Å². The summed E-state index contributed by atoms with van der Waals surface area (Å²) >= 11 is 0. The van der Waals surface area contributed by atoms with Crippen LogP contribution in [0.25, 0.3) is 22.3 Å². The fourth-order valence-electron chi connectivity index (χ4n) is 5.19. The number of piperidine rings is 1.